The minimum atomic E-state index is -0.398. The molecule has 2 atom stereocenters. The summed E-state index contributed by atoms with van der Waals surface area (Å²) in [5.74, 6) is -0.871. The van der Waals surface area contributed by atoms with Crippen molar-refractivity contribution in [3.8, 4) is 0 Å². The van der Waals surface area contributed by atoms with Gasteiger partial charge in [0.25, 0.3) is 0 Å². The summed E-state index contributed by atoms with van der Waals surface area (Å²) in [4.78, 5) is 23.5. The fourth-order valence-electron chi connectivity index (χ4n) is 4.62. The third-order valence-corrected chi connectivity index (χ3v) is 5.89. The van der Waals surface area contributed by atoms with Gasteiger partial charge in [-0.05, 0) is 49.3 Å². The highest BCUT2D eigenvalue weighted by Gasteiger charge is 2.41. The van der Waals surface area contributed by atoms with Crippen molar-refractivity contribution in [3.05, 3.63) is 29.0 Å². The predicted octanol–water partition coefficient (Wildman–Crippen LogP) is 1.43. The second-order valence-corrected chi connectivity index (χ2v) is 7.43. The van der Waals surface area contributed by atoms with E-state index in [-0.39, 0.29) is 11.8 Å². The number of nitrogens with one attached hydrogen (secondary N) is 2. The van der Waals surface area contributed by atoms with Gasteiger partial charge in [-0.2, -0.15) is 0 Å². The molecule has 2 aliphatic heterocycles. The van der Waals surface area contributed by atoms with Gasteiger partial charge in [-0.25, -0.2) is 0 Å². The van der Waals surface area contributed by atoms with E-state index in [1.54, 1.807) is 0 Å². The number of hydrogen-bond acceptors (Lipinski definition) is 5. The molecule has 2 amide bonds. The predicted molar refractivity (Wildman–Crippen MR) is 86.5 cm³/mol. The normalized spacial score (nSPS) is 29.4. The first-order valence-electron chi connectivity index (χ1n) is 8.60. The molecule has 1 aromatic heterocycles. The number of fused-ring (bicyclic) bond motifs is 3. The van der Waals surface area contributed by atoms with E-state index in [0.717, 1.165) is 36.9 Å². The van der Waals surface area contributed by atoms with Crippen molar-refractivity contribution in [3.63, 3.8) is 0 Å². The summed E-state index contributed by atoms with van der Waals surface area (Å²) >= 11 is 0. The Morgan fingerprint density at radius 3 is 2.96 bits per heavy atom. The van der Waals surface area contributed by atoms with Crippen molar-refractivity contribution in [2.24, 2.45) is 5.41 Å². The van der Waals surface area contributed by atoms with E-state index in [0.29, 0.717) is 24.0 Å². The average Bonchev–Trinajstić information content (AvgIpc) is 3.26. The first-order chi connectivity index (χ1) is 11.7. The Bertz CT molecular complexity index is 864. The number of piperidine rings is 1. The van der Waals surface area contributed by atoms with Gasteiger partial charge < -0.3 is 9.84 Å². The summed E-state index contributed by atoms with van der Waals surface area (Å²) in [5, 5.41) is 11.0. The standard InChI is InChI=1S/C18H19N3O3/c22-14-4-3-12(17(23)20-14)15-11-2-1-10-7-18(5-6-19-9-18)8-13(10)16(11)24-21-15/h1-2,12,19H,3-9H2,(H,20,22,23). The van der Waals surface area contributed by atoms with E-state index in [1.807, 2.05) is 6.07 Å². The lowest BCUT2D eigenvalue weighted by Crippen LogP contribution is -2.39. The van der Waals surface area contributed by atoms with Crippen LogP contribution in [0.15, 0.2) is 16.7 Å². The Kier molecular flexibility index (Phi) is 2.89. The van der Waals surface area contributed by atoms with E-state index < -0.39 is 5.92 Å². The zero-order chi connectivity index (χ0) is 16.3. The van der Waals surface area contributed by atoms with Crippen LogP contribution >= 0.6 is 0 Å². The van der Waals surface area contributed by atoms with Crippen LogP contribution in [0.4, 0.5) is 0 Å². The topological polar surface area (TPSA) is 84.2 Å². The van der Waals surface area contributed by atoms with Crippen LogP contribution in [-0.4, -0.2) is 30.1 Å². The summed E-state index contributed by atoms with van der Waals surface area (Å²) in [6, 6.07) is 4.20. The quantitative estimate of drug-likeness (QED) is 0.775. The fraction of sp³-hybridized carbons (Fsp3) is 0.500. The lowest BCUT2D eigenvalue weighted by Gasteiger charge is -2.20. The molecule has 6 heteroatoms. The number of amides is 2. The fourth-order valence-corrected chi connectivity index (χ4v) is 4.62. The number of carbonyl (C=O) groups excluding carboxylic acids is 2. The van der Waals surface area contributed by atoms with Crippen LogP contribution in [0.5, 0.6) is 0 Å². The molecule has 1 spiro atoms. The summed E-state index contributed by atoms with van der Waals surface area (Å²) in [6.45, 7) is 2.13. The van der Waals surface area contributed by atoms with Crippen molar-refractivity contribution < 1.29 is 14.1 Å². The van der Waals surface area contributed by atoms with Gasteiger partial charge in [-0.3, -0.25) is 14.9 Å². The maximum Gasteiger partial charge on any atom is 0.235 e. The highest BCUT2D eigenvalue weighted by Crippen LogP contribution is 2.45. The molecule has 124 valence electrons. The second kappa shape index (κ2) is 4.89. The molecule has 2 unspecified atom stereocenters. The Balaban J connectivity index is 1.56. The number of benzene rings is 1. The minimum Gasteiger partial charge on any atom is -0.356 e. The van der Waals surface area contributed by atoms with Crippen LogP contribution < -0.4 is 10.6 Å². The summed E-state index contributed by atoms with van der Waals surface area (Å²) < 4.78 is 5.69. The van der Waals surface area contributed by atoms with E-state index in [9.17, 15) is 9.59 Å². The molecule has 2 N–H and O–H groups in total. The molecule has 6 nitrogen and oxygen atoms in total. The Morgan fingerprint density at radius 2 is 2.17 bits per heavy atom. The summed E-state index contributed by atoms with van der Waals surface area (Å²) in [7, 11) is 0. The molecule has 2 aromatic rings. The Labute approximate surface area is 138 Å². The number of imide groups is 1. The van der Waals surface area contributed by atoms with E-state index in [2.05, 4.69) is 21.9 Å². The SMILES string of the molecule is O=C1CCC(c2noc3c4c(ccc23)CC2(CCNC2)C4)C(=O)N1. The lowest BCUT2D eigenvalue weighted by atomic mass is 9.84. The van der Waals surface area contributed by atoms with Crippen molar-refractivity contribution in [2.75, 3.05) is 13.1 Å². The third kappa shape index (κ3) is 1.95. The number of nitrogens with zero attached hydrogens (tertiary/aromatic N) is 1. The van der Waals surface area contributed by atoms with Gasteiger partial charge in [-0.15, -0.1) is 0 Å². The van der Waals surface area contributed by atoms with E-state index in [1.165, 1.54) is 17.5 Å². The molecule has 0 radical (unpaired) electrons. The molecule has 3 heterocycles. The van der Waals surface area contributed by atoms with Crippen LogP contribution in [-0.2, 0) is 22.4 Å². The van der Waals surface area contributed by atoms with Gasteiger partial charge in [-0.1, -0.05) is 11.2 Å². The minimum absolute atomic E-state index is 0.208. The van der Waals surface area contributed by atoms with Crippen LogP contribution in [0.3, 0.4) is 0 Å². The molecular weight excluding hydrogens is 306 g/mol. The molecule has 3 aliphatic rings. The van der Waals surface area contributed by atoms with Gasteiger partial charge in [0.15, 0.2) is 5.58 Å². The highest BCUT2D eigenvalue weighted by atomic mass is 16.5. The highest BCUT2D eigenvalue weighted by molar-refractivity contribution is 6.02. The van der Waals surface area contributed by atoms with Crippen LogP contribution in [0.1, 0.15) is 42.0 Å². The van der Waals surface area contributed by atoms with Gasteiger partial charge >= 0.3 is 0 Å². The number of aromatic nitrogens is 1. The largest absolute Gasteiger partial charge is 0.356 e. The Hall–Kier alpha value is -2.21. The molecule has 2 fully saturated rings. The van der Waals surface area contributed by atoms with Crippen molar-refractivity contribution in [1.82, 2.24) is 15.8 Å². The van der Waals surface area contributed by atoms with Gasteiger partial charge in [0.1, 0.15) is 5.69 Å². The molecule has 5 rings (SSSR count). The lowest BCUT2D eigenvalue weighted by molar-refractivity contribution is -0.134. The van der Waals surface area contributed by atoms with Crippen molar-refractivity contribution in [2.45, 2.75) is 38.0 Å². The molecule has 1 aromatic carbocycles. The monoisotopic (exact) mass is 325 g/mol. The first-order valence-corrected chi connectivity index (χ1v) is 8.60. The van der Waals surface area contributed by atoms with E-state index >= 15 is 0 Å². The molecule has 1 aliphatic carbocycles. The Morgan fingerprint density at radius 1 is 1.25 bits per heavy atom. The maximum absolute atomic E-state index is 12.2. The van der Waals surface area contributed by atoms with Crippen LogP contribution in [0.25, 0.3) is 11.0 Å². The van der Waals surface area contributed by atoms with Gasteiger partial charge in [0.2, 0.25) is 11.8 Å². The number of rotatable bonds is 1. The van der Waals surface area contributed by atoms with Gasteiger partial charge in [0, 0.05) is 23.9 Å². The molecule has 0 bridgehead atoms. The van der Waals surface area contributed by atoms with Crippen LogP contribution in [0.2, 0.25) is 0 Å². The number of carbonyl (C=O) groups is 2. The average molecular weight is 325 g/mol. The zero-order valence-electron chi connectivity index (χ0n) is 13.4. The summed E-state index contributed by atoms with van der Waals surface area (Å²) in [6.07, 6.45) is 4.13. The molecule has 24 heavy (non-hydrogen) atoms. The maximum atomic E-state index is 12.2. The van der Waals surface area contributed by atoms with Gasteiger partial charge in [0.05, 0.1) is 5.92 Å². The number of hydrogen-bond donors (Lipinski definition) is 2. The summed E-state index contributed by atoms with van der Waals surface area (Å²) in [5.41, 5.74) is 4.41. The third-order valence-electron chi connectivity index (χ3n) is 5.89. The first kappa shape index (κ1) is 14.2. The smallest absolute Gasteiger partial charge is 0.235 e. The van der Waals surface area contributed by atoms with Crippen molar-refractivity contribution >= 4 is 22.8 Å². The molecule has 0 saturated carbocycles. The zero-order valence-corrected chi connectivity index (χ0v) is 13.4. The molecular formula is C18H19N3O3. The van der Waals surface area contributed by atoms with E-state index in [4.69, 9.17) is 4.52 Å². The van der Waals surface area contributed by atoms with Crippen molar-refractivity contribution in [1.29, 1.82) is 0 Å². The molecule has 2 saturated heterocycles. The van der Waals surface area contributed by atoms with Crippen LogP contribution in [0, 0.1) is 5.41 Å². The second-order valence-electron chi connectivity index (χ2n) is 7.43.